The van der Waals surface area contributed by atoms with E-state index in [1.165, 1.54) is 10.4 Å². The summed E-state index contributed by atoms with van der Waals surface area (Å²) >= 11 is 5.17. The average Bonchev–Trinajstić information content (AvgIpc) is 2.93. The Labute approximate surface area is 148 Å². The molecule has 0 N–H and O–H groups in total. The van der Waals surface area contributed by atoms with Gasteiger partial charge in [0.25, 0.3) is 0 Å². The minimum atomic E-state index is -3.39. The van der Waals surface area contributed by atoms with E-state index in [4.69, 9.17) is 0 Å². The van der Waals surface area contributed by atoms with Crippen LogP contribution in [0.5, 0.6) is 0 Å². The third-order valence-corrected chi connectivity index (χ3v) is 8.50. The van der Waals surface area contributed by atoms with Gasteiger partial charge in [0.15, 0.2) is 0 Å². The van der Waals surface area contributed by atoms with Gasteiger partial charge >= 0.3 is 0 Å². The minimum Gasteiger partial charge on any atom is -0.293 e. The van der Waals surface area contributed by atoms with Gasteiger partial charge in [-0.2, -0.15) is 4.31 Å². The highest BCUT2D eigenvalue weighted by molar-refractivity contribution is 9.10. The van der Waals surface area contributed by atoms with Crippen LogP contribution in [0.15, 0.2) is 45.1 Å². The van der Waals surface area contributed by atoms with E-state index in [-0.39, 0.29) is 0 Å². The summed E-state index contributed by atoms with van der Waals surface area (Å²) in [4.78, 5) is 4.26. The van der Waals surface area contributed by atoms with Gasteiger partial charge in [0.2, 0.25) is 10.0 Å². The van der Waals surface area contributed by atoms with E-state index in [2.05, 4.69) is 32.3 Å². The predicted octanol–water partition coefficient (Wildman–Crippen LogP) is 2.94. The third-order valence-electron chi connectivity index (χ3n) is 4.64. The molecule has 0 radical (unpaired) electrons. The van der Waals surface area contributed by atoms with Gasteiger partial charge in [0.05, 0.1) is 4.90 Å². The van der Waals surface area contributed by atoms with Crippen LogP contribution in [-0.4, -0.2) is 43.3 Å². The zero-order valence-corrected chi connectivity index (χ0v) is 15.7. The van der Waals surface area contributed by atoms with Gasteiger partial charge in [-0.1, -0.05) is 12.1 Å². The van der Waals surface area contributed by atoms with Crippen LogP contribution in [-0.2, 0) is 23.0 Å². The maximum absolute atomic E-state index is 12.7. The summed E-state index contributed by atoms with van der Waals surface area (Å²) in [5.41, 5.74) is 1.41. The van der Waals surface area contributed by atoms with Gasteiger partial charge in [-0.3, -0.25) is 4.90 Å². The number of nitrogens with zero attached hydrogens (tertiary/aromatic N) is 2. The highest BCUT2D eigenvalue weighted by atomic mass is 79.9. The fourth-order valence-corrected chi connectivity index (χ4v) is 6.59. The lowest BCUT2D eigenvalue weighted by Gasteiger charge is -2.45. The smallest absolute Gasteiger partial charge is 0.244 e. The number of halogens is 1. The molecule has 0 spiro atoms. The lowest BCUT2D eigenvalue weighted by atomic mass is 10.0. The molecule has 1 aromatic heterocycles. The van der Waals surface area contributed by atoms with Crippen molar-refractivity contribution >= 4 is 37.3 Å². The first-order chi connectivity index (χ1) is 11.1. The molecule has 0 atom stereocenters. The Balaban J connectivity index is 1.45. The molecule has 2 aromatic rings. The number of rotatable bonds is 3. The first-order valence-electron chi connectivity index (χ1n) is 7.59. The SMILES string of the molecule is O=S(=O)(c1ccccc1Br)N1CC(N2CCc3sccc3C2)C1. The van der Waals surface area contributed by atoms with Crippen LogP contribution in [0.25, 0.3) is 0 Å². The minimum absolute atomic E-state index is 0.334. The Morgan fingerprint density at radius 3 is 2.74 bits per heavy atom. The predicted molar refractivity (Wildman–Crippen MR) is 95.1 cm³/mol. The molecule has 23 heavy (non-hydrogen) atoms. The molecule has 2 aliphatic rings. The van der Waals surface area contributed by atoms with E-state index < -0.39 is 10.0 Å². The highest BCUT2D eigenvalue weighted by Crippen LogP contribution is 2.32. The number of hydrogen-bond donors (Lipinski definition) is 0. The summed E-state index contributed by atoms with van der Waals surface area (Å²) in [7, 11) is -3.39. The Kier molecular flexibility index (Phi) is 4.09. The van der Waals surface area contributed by atoms with Crippen molar-refractivity contribution in [2.45, 2.75) is 23.9 Å². The number of thiophene rings is 1. The van der Waals surface area contributed by atoms with Crippen molar-refractivity contribution in [1.82, 2.24) is 9.21 Å². The Morgan fingerprint density at radius 1 is 1.17 bits per heavy atom. The van der Waals surface area contributed by atoms with Crippen LogP contribution in [0, 0.1) is 0 Å². The van der Waals surface area contributed by atoms with Crippen LogP contribution in [0.3, 0.4) is 0 Å². The number of benzene rings is 1. The molecule has 0 unspecified atom stereocenters. The molecular formula is C16H17BrN2O2S2. The van der Waals surface area contributed by atoms with Gasteiger partial charge < -0.3 is 0 Å². The van der Waals surface area contributed by atoms with Crippen LogP contribution in [0.4, 0.5) is 0 Å². The fraction of sp³-hybridized carbons (Fsp3) is 0.375. The van der Waals surface area contributed by atoms with Crippen LogP contribution < -0.4 is 0 Å². The Morgan fingerprint density at radius 2 is 1.96 bits per heavy atom. The van der Waals surface area contributed by atoms with Gasteiger partial charge in [-0.25, -0.2) is 8.42 Å². The molecule has 0 saturated carbocycles. The van der Waals surface area contributed by atoms with Crippen molar-refractivity contribution in [1.29, 1.82) is 0 Å². The normalized spacial score (nSPS) is 20.2. The largest absolute Gasteiger partial charge is 0.293 e. The van der Waals surface area contributed by atoms with Crippen molar-refractivity contribution in [2.24, 2.45) is 0 Å². The van der Waals surface area contributed by atoms with Crippen molar-refractivity contribution in [3.63, 3.8) is 0 Å². The number of fused-ring (bicyclic) bond motifs is 1. The molecule has 7 heteroatoms. The summed E-state index contributed by atoms with van der Waals surface area (Å²) in [6, 6.07) is 9.55. The summed E-state index contributed by atoms with van der Waals surface area (Å²) < 4.78 is 27.6. The average molecular weight is 413 g/mol. The maximum atomic E-state index is 12.7. The van der Waals surface area contributed by atoms with E-state index in [1.54, 1.807) is 22.5 Å². The van der Waals surface area contributed by atoms with E-state index in [0.717, 1.165) is 19.5 Å². The zero-order chi connectivity index (χ0) is 16.0. The molecule has 4 nitrogen and oxygen atoms in total. The molecule has 4 rings (SSSR count). The van der Waals surface area contributed by atoms with Gasteiger partial charge in [0.1, 0.15) is 0 Å². The quantitative estimate of drug-likeness (QED) is 0.777. The third kappa shape index (κ3) is 2.78. The Hall–Kier alpha value is -0.730. The molecule has 3 heterocycles. The molecule has 1 saturated heterocycles. The van der Waals surface area contributed by atoms with Crippen molar-refractivity contribution in [2.75, 3.05) is 19.6 Å². The van der Waals surface area contributed by atoms with E-state index in [0.29, 0.717) is 28.5 Å². The molecule has 0 amide bonds. The second-order valence-electron chi connectivity index (χ2n) is 6.00. The topological polar surface area (TPSA) is 40.6 Å². The van der Waals surface area contributed by atoms with E-state index in [1.807, 2.05) is 17.4 Å². The number of hydrogen-bond acceptors (Lipinski definition) is 4. The second-order valence-corrected chi connectivity index (χ2v) is 9.76. The van der Waals surface area contributed by atoms with Crippen molar-refractivity contribution in [3.8, 4) is 0 Å². The first kappa shape index (κ1) is 15.8. The molecule has 122 valence electrons. The van der Waals surface area contributed by atoms with Crippen molar-refractivity contribution < 1.29 is 8.42 Å². The molecule has 1 aromatic carbocycles. The van der Waals surface area contributed by atoms with E-state index >= 15 is 0 Å². The molecule has 1 fully saturated rings. The monoisotopic (exact) mass is 412 g/mol. The Bertz CT molecular complexity index is 828. The molecular weight excluding hydrogens is 396 g/mol. The highest BCUT2D eigenvalue weighted by Gasteiger charge is 2.40. The summed E-state index contributed by atoms with van der Waals surface area (Å²) in [6.07, 6.45) is 1.08. The maximum Gasteiger partial charge on any atom is 0.244 e. The first-order valence-corrected chi connectivity index (χ1v) is 10.7. The zero-order valence-electron chi connectivity index (χ0n) is 12.5. The lowest BCUT2D eigenvalue weighted by Crippen LogP contribution is -2.61. The van der Waals surface area contributed by atoms with Gasteiger partial charge in [0, 0.05) is 41.6 Å². The molecule has 0 bridgehead atoms. The summed E-state index contributed by atoms with van der Waals surface area (Å²) in [5, 5.41) is 2.15. The van der Waals surface area contributed by atoms with Gasteiger partial charge in [-0.05, 0) is 51.5 Å². The lowest BCUT2D eigenvalue weighted by molar-refractivity contribution is 0.0775. The molecule has 2 aliphatic heterocycles. The standard InChI is InChI=1S/C16H17BrN2O2S2/c17-14-3-1-2-4-16(14)23(20,21)19-10-13(11-19)18-7-5-15-12(9-18)6-8-22-15/h1-4,6,8,13H,5,7,9-11H2. The fourth-order valence-electron chi connectivity index (χ4n) is 3.22. The van der Waals surface area contributed by atoms with Gasteiger partial charge in [-0.15, -0.1) is 11.3 Å². The van der Waals surface area contributed by atoms with Crippen molar-refractivity contribution in [3.05, 3.63) is 50.6 Å². The molecule has 0 aliphatic carbocycles. The number of sulfonamides is 1. The van der Waals surface area contributed by atoms with E-state index in [9.17, 15) is 8.42 Å². The van der Waals surface area contributed by atoms with Crippen LogP contribution in [0.2, 0.25) is 0 Å². The summed E-state index contributed by atoms with van der Waals surface area (Å²) in [6.45, 7) is 3.15. The van der Waals surface area contributed by atoms with Crippen LogP contribution >= 0.6 is 27.3 Å². The summed E-state index contributed by atoms with van der Waals surface area (Å²) in [5.74, 6) is 0. The second kappa shape index (κ2) is 5.97. The van der Waals surface area contributed by atoms with Crippen LogP contribution in [0.1, 0.15) is 10.4 Å².